The fourth-order valence-electron chi connectivity index (χ4n) is 10.0. The number of methoxy groups -OCH3 is 1. The molecule has 3 saturated heterocycles. The van der Waals surface area contributed by atoms with E-state index in [-0.39, 0.29) is 48.3 Å². The van der Waals surface area contributed by atoms with Crippen molar-refractivity contribution in [1.29, 1.82) is 0 Å². The van der Waals surface area contributed by atoms with Crippen LogP contribution in [0, 0.1) is 11.8 Å². The molecular formula is C48H52F2N8O9S. The molecule has 0 unspecified atom stereocenters. The molecule has 68 heavy (non-hydrogen) atoms. The summed E-state index contributed by atoms with van der Waals surface area (Å²) in [5.74, 6) is -3.65. The van der Waals surface area contributed by atoms with Crippen LogP contribution in [0.5, 0.6) is 23.0 Å². The molecule has 358 valence electrons. The summed E-state index contributed by atoms with van der Waals surface area (Å²) in [6, 6.07) is 17.3. The number of piperidine rings is 2. The SMILES string of the molecule is CCOc1cc([C@@H](CS(C)(=O)=O)N2C(=O)c3ccnc(N4CCC([C@H]5CCN(Cc6ccc(Oc7ccc8c(N9CCC(=O)NC9=O)nn(C)c8c7)cc6)CC5(F)F)CC4)c3C2=O)ccc1OC. The van der Waals surface area contributed by atoms with Gasteiger partial charge in [0.2, 0.25) is 5.91 Å². The second kappa shape index (κ2) is 18.4. The average Bonchev–Trinajstić information content (AvgIpc) is 3.76. The number of carbonyl (C=O) groups excluding carboxylic acids is 4. The summed E-state index contributed by atoms with van der Waals surface area (Å²) in [5.41, 5.74) is 2.14. The quantitative estimate of drug-likeness (QED) is 0.121. The van der Waals surface area contributed by atoms with Crippen LogP contribution in [0.2, 0.25) is 0 Å². The van der Waals surface area contributed by atoms with Crippen molar-refractivity contribution < 1.29 is 50.6 Å². The third kappa shape index (κ3) is 9.17. The lowest BCUT2D eigenvalue weighted by atomic mass is 9.76. The Morgan fingerprint density at radius 1 is 0.882 bits per heavy atom. The van der Waals surface area contributed by atoms with Crippen LogP contribution >= 0.6 is 0 Å². The molecule has 2 aromatic heterocycles. The van der Waals surface area contributed by atoms with E-state index in [9.17, 15) is 27.6 Å². The van der Waals surface area contributed by atoms with E-state index < -0.39 is 51.3 Å². The number of pyridine rings is 1. The van der Waals surface area contributed by atoms with Gasteiger partial charge in [0.25, 0.3) is 17.7 Å². The molecule has 0 aliphatic carbocycles. The molecule has 5 aromatic rings. The Morgan fingerprint density at radius 3 is 2.32 bits per heavy atom. The van der Waals surface area contributed by atoms with Crippen LogP contribution in [0.1, 0.15) is 70.5 Å². The monoisotopic (exact) mass is 954 g/mol. The summed E-state index contributed by atoms with van der Waals surface area (Å²) in [6.07, 6.45) is 3.86. The number of nitrogens with one attached hydrogen (secondary N) is 1. The third-order valence-electron chi connectivity index (χ3n) is 13.3. The predicted octanol–water partition coefficient (Wildman–Crippen LogP) is 6.37. The first-order valence-corrected chi connectivity index (χ1v) is 24.6. The molecule has 4 aliphatic rings. The van der Waals surface area contributed by atoms with Crippen LogP contribution in [-0.2, 0) is 28.2 Å². The molecule has 2 atom stereocenters. The van der Waals surface area contributed by atoms with E-state index in [4.69, 9.17) is 14.2 Å². The van der Waals surface area contributed by atoms with E-state index in [2.05, 4.69) is 15.4 Å². The fraction of sp³-hybridized carbons (Fsp3) is 0.417. The van der Waals surface area contributed by atoms with Gasteiger partial charge in [0.1, 0.15) is 27.2 Å². The molecule has 9 rings (SSSR count). The molecule has 6 heterocycles. The van der Waals surface area contributed by atoms with Crippen molar-refractivity contribution in [3.05, 3.63) is 95.2 Å². The number of fused-ring (bicyclic) bond motifs is 2. The number of nitrogens with zero attached hydrogens (tertiary/aromatic N) is 7. The largest absolute Gasteiger partial charge is 0.493 e. The van der Waals surface area contributed by atoms with Gasteiger partial charge in [-0.15, -0.1) is 0 Å². The molecular weight excluding hydrogens is 903 g/mol. The van der Waals surface area contributed by atoms with E-state index in [0.717, 1.165) is 27.6 Å². The number of imide groups is 2. The maximum atomic E-state index is 16.1. The van der Waals surface area contributed by atoms with Crippen LogP contribution in [-0.4, -0.2) is 121 Å². The molecule has 17 nitrogen and oxygen atoms in total. The summed E-state index contributed by atoms with van der Waals surface area (Å²) in [5, 5.41) is 7.57. The molecule has 0 spiro atoms. The summed E-state index contributed by atoms with van der Waals surface area (Å²) in [7, 11) is -0.480. The highest BCUT2D eigenvalue weighted by Gasteiger charge is 2.49. The molecule has 4 aliphatic heterocycles. The lowest BCUT2D eigenvalue weighted by molar-refractivity contribution is -0.133. The van der Waals surface area contributed by atoms with Crippen molar-refractivity contribution in [2.24, 2.45) is 18.9 Å². The second-order valence-electron chi connectivity index (χ2n) is 17.8. The summed E-state index contributed by atoms with van der Waals surface area (Å²) < 4.78 is 76.6. The smallest absolute Gasteiger partial charge is 0.329 e. The highest BCUT2D eigenvalue weighted by atomic mass is 32.2. The number of aryl methyl sites for hydroxylation is 1. The minimum Gasteiger partial charge on any atom is -0.493 e. The van der Waals surface area contributed by atoms with Crippen molar-refractivity contribution in [3.8, 4) is 23.0 Å². The van der Waals surface area contributed by atoms with Gasteiger partial charge in [-0.25, -0.2) is 27.0 Å². The Labute approximate surface area is 391 Å². The Bertz CT molecular complexity index is 2910. The number of ether oxygens (including phenoxy) is 3. The van der Waals surface area contributed by atoms with Gasteiger partial charge in [0, 0.05) is 69.5 Å². The number of halogens is 2. The molecule has 0 saturated carbocycles. The number of sulfone groups is 1. The topological polar surface area (TPSA) is 186 Å². The number of aromatic nitrogens is 3. The molecule has 0 bridgehead atoms. The maximum Gasteiger partial charge on any atom is 0.329 e. The zero-order valence-electron chi connectivity index (χ0n) is 38.1. The van der Waals surface area contributed by atoms with Crippen molar-refractivity contribution in [1.82, 2.24) is 29.9 Å². The van der Waals surface area contributed by atoms with Gasteiger partial charge in [0.15, 0.2) is 17.3 Å². The number of hydrogen-bond donors (Lipinski definition) is 1. The van der Waals surface area contributed by atoms with Crippen LogP contribution in [0.4, 0.5) is 25.2 Å². The average molecular weight is 955 g/mol. The number of hydrogen-bond acceptors (Lipinski definition) is 13. The number of amides is 5. The summed E-state index contributed by atoms with van der Waals surface area (Å²) >= 11 is 0. The molecule has 0 radical (unpaired) electrons. The van der Waals surface area contributed by atoms with Crippen molar-refractivity contribution in [3.63, 3.8) is 0 Å². The van der Waals surface area contributed by atoms with E-state index in [0.29, 0.717) is 86.4 Å². The first-order chi connectivity index (χ1) is 32.5. The number of rotatable bonds is 14. The molecule has 3 aromatic carbocycles. The van der Waals surface area contributed by atoms with Gasteiger partial charge in [-0.2, -0.15) is 5.10 Å². The zero-order valence-corrected chi connectivity index (χ0v) is 38.9. The van der Waals surface area contributed by atoms with Gasteiger partial charge >= 0.3 is 6.03 Å². The Balaban J connectivity index is 0.815. The van der Waals surface area contributed by atoms with Gasteiger partial charge in [-0.1, -0.05) is 18.2 Å². The van der Waals surface area contributed by atoms with E-state index >= 15 is 8.78 Å². The number of likely N-dealkylation sites (tertiary alicyclic amines) is 1. The Kier molecular flexibility index (Phi) is 12.6. The van der Waals surface area contributed by atoms with Crippen LogP contribution in [0.15, 0.2) is 72.9 Å². The number of benzene rings is 3. The third-order valence-corrected chi connectivity index (χ3v) is 14.2. The van der Waals surface area contributed by atoms with Gasteiger partial charge in [-0.05, 0) is 92.2 Å². The maximum absolute atomic E-state index is 16.1. The molecule has 1 N–H and O–H groups in total. The first-order valence-electron chi connectivity index (χ1n) is 22.6. The first kappa shape index (κ1) is 46.4. The number of anilines is 2. The van der Waals surface area contributed by atoms with E-state index in [1.165, 1.54) is 24.3 Å². The lowest BCUT2D eigenvalue weighted by Gasteiger charge is -2.44. The van der Waals surface area contributed by atoms with E-state index in [1.807, 2.05) is 29.2 Å². The Hall–Kier alpha value is -6.67. The Morgan fingerprint density at radius 2 is 1.63 bits per heavy atom. The minimum absolute atomic E-state index is 0.0676. The van der Waals surface area contributed by atoms with Crippen LogP contribution in [0.3, 0.4) is 0 Å². The molecule has 3 fully saturated rings. The number of urea groups is 1. The van der Waals surface area contributed by atoms with Gasteiger partial charge in [0.05, 0.1) is 48.7 Å². The van der Waals surface area contributed by atoms with E-state index in [1.54, 1.807) is 60.0 Å². The normalized spacial score (nSPS) is 19.6. The predicted molar refractivity (Wildman–Crippen MR) is 247 cm³/mol. The van der Waals surface area contributed by atoms with Crippen molar-refractivity contribution >= 4 is 56.1 Å². The standard InChI is InChI=1S/C48H52F2N8O9S/c1-5-66-40-24-31(8-13-39(40)65-3)38(27-68(4,63)64)58-45(60)35-14-19-51-44(42(35)46(58)61)56-21-15-30(16-22-56)36-17-20-55(28-48(36,49)50)26-29-6-9-32(10-7-29)67-33-11-12-34-37(25-33)54(2)53-43(34)57-23-18-41(59)52-47(57)62/h6-14,19,24-25,30,36,38H,5,15-18,20-23,26-28H2,1-4H3,(H,52,59,62)/t36-,38-/m1/s1. The van der Waals surface area contributed by atoms with Gasteiger partial charge < -0.3 is 19.1 Å². The van der Waals surface area contributed by atoms with Crippen LogP contribution < -0.4 is 29.3 Å². The van der Waals surface area contributed by atoms with Crippen molar-refractivity contribution in [2.45, 2.75) is 51.1 Å². The number of carbonyl (C=O) groups is 4. The highest BCUT2D eigenvalue weighted by Crippen LogP contribution is 2.44. The summed E-state index contributed by atoms with van der Waals surface area (Å²) in [6.45, 7) is 3.46. The molecule has 20 heteroatoms. The fourth-order valence-corrected chi connectivity index (χ4v) is 11.0. The minimum atomic E-state index is -3.71. The molecule has 5 amide bonds. The zero-order chi connectivity index (χ0) is 48.1. The van der Waals surface area contributed by atoms with Gasteiger partial charge in [-0.3, -0.25) is 39.1 Å². The number of alkyl halides is 2. The van der Waals surface area contributed by atoms with Crippen LogP contribution in [0.25, 0.3) is 10.9 Å². The highest BCUT2D eigenvalue weighted by molar-refractivity contribution is 7.90. The second-order valence-corrected chi connectivity index (χ2v) is 20.0. The van der Waals surface area contributed by atoms with Crippen molar-refractivity contribution in [2.75, 3.05) is 68.2 Å². The summed E-state index contributed by atoms with van der Waals surface area (Å²) in [4.78, 5) is 63.1. The lowest BCUT2D eigenvalue weighted by Crippen LogP contribution is -2.52.